The number of nitrogens with zero attached hydrogens (tertiary/aromatic N) is 5. The predicted molar refractivity (Wildman–Crippen MR) is 138 cm³/mol. The largest absolute Gasteiger partial charge is 0.464 e. The lowest BCUT2D eigenvalue weighted by molar-refractivity contribution is -0.885. The maximum Gasteiger partial charge on any atom is 0.323 e. The summed E-state index contributed by atoms with van der Waals surface area (Å²) in [5.74, 6) is 1.31. The predicted octanol–water partition coefficient (Wildman–Crippen LogP) is 0.757. The second-order valence-electron chi connectivity index (χ2n) is 9.51. The van der Waals surface area contributed by atoms with Crippen LogP contribution in [0.5, 0.6) is 0 Å². The minimum Gasteiger partial charge on any atom is -0.464 e. The molecule has 3 aromatic rings. The molecular formula is C25H35BN7O3+. The Hall–Kier alpha value is -3.34. The Morgan fingerprint density at radius 2 is 2.22 bits per heavy atom. The van der Waals surface area contributed by atoms with Gasteiger partial charge in [0.2, 0.25) is 12.4 Å². The molecule has 190 valence electrons. The molecule has 0 bridgehead atoms. The van der Waals surface area contributed by atoms with Gasteiger partial charge in [-0.3, -0.25) is 9.63 Å². The lowest BCUT2D eigenvalue weighted by Crippen LogP contribution is -2.42. The Bertz CT molecular complexity index is 1190. The fourth-order valence-electron chi connectivity index (χ4n) is 4.42. The van der Waals surface area contributed by atoms with Crippen molar-refractivity contribution in [1.82, 2.24) is 14.6 Å². The highest BCUT2D eigenvalue weighted by molar-refractivity contribution is 6.36. The third-order valence-electron chi connectivity index (χ3n) is 6.61. The zero-order valence-corrected chi connectivity index (χ0v) is 21.3. The number of piperidine rings is 1. The molecule has 36 heavy (non-hydrogen) atoms. The van der Waals surface area contributed by atoms with E-state index in [1.54, 1.807) is 22.6 Å². The number of fused-ring (bicyclic) bond motifs is 1. The molecule has 0 amide bonds. The van der Waals surface area contributed by atoms with Gasteiger partial charge in [0.05, 0.1) is 6.61 Å². The maximum atomic E-state index is 12.2. The highest BCUT2D eigenvalue weighted by Gasteiger charge is 2.26. The number of hydrogen-bond donors (Lipinski definition) is 2. The number of ether oxygens (including phenoxy) is 1. The number of nitrogens with one attached hydrogen (secondary N) is 1. The van der Waals surface area contributed by atoms with Gasteiger partial charge in [-0.05, 0) is 36.7 Å². The van der Waals surface area contributed by atoms with E-state index in [1.165, 1.54) is 0 Å². The minimum absolute atomic E-state index is 0.0437. The Kier molecular flexibility index (Phi) is 8.30. The molecule has 4 heterocycles. The van der Waals surface area contributed by atoms with Gasteiger partial charge in [0, 0.05) is 54.2 Å². The molecule has 2 atom stereocenters. The molecule has 1 saturated heterocycles. The number of pyridine rings is 1. The SMILES string of the molecule is [B]c1cnn2c(NCc3ccc[n+](OC)c3)cc(N3CCCC[C@H]3CCOC(=O)[C@H](N)C(C)C)nc12. The average Bonchev–Trinajstić information content (AvgIpc) is 3.27. The standard InChI is InChI=1S/C25H35BN7O3/c1-17(2)23(27)25(34)36-12-9-19-8-4-5-11-32(19)22-13-21(33-24(30-22)20(26)15-29-33)28-14-18-7-6-10-31(16-18)35-3/h6-7,10,13,15-17,19,23,28H,4-5,8-9,11-12,14,27H2,1-3H3/q+1/t19-,23+/m0/s1. The van der Waals surface area contributed by atoms with Crippen molar-refractivity contribution in [1.29, 1.82) is 0 Å². The van der Waals surface area contributed by atoms with Crippen molar-refractivity contribution in [3.8, 4) is 0 Å². The minimum atomic E-state index is -0.599. The van der Waals surface area contributed by atoms with Crippen LogP contribution in [0.25, 0.3) is 5.65 Å². The van der Waals surface area contributed by atoms with Crippen LogP contribution in [0.15, 0.2) is 36.8 Å². The summed E-state index contributed by atoms with van der Waals surface area (Å²) < 4.78 is 8.86. The molecule has 0 spiro atoms. The highest BCUT2D eigenvalue weighted by atomic mass is 16.6. The van der Waals surface area contributed by atoms with Crippen LogP contribution in [0.1, 0.15) is 45.1 Å². The van der Waals surface area contributed by atoms with Gasteiger partial charge in [-0.15, -0.1) is 0 Å². The van der Waals surface area contributed by atoms with Gasteiger partial charge in [-0.1, -0.05) is 13.8 Å². The van der Waals surface area contributed by atoms with E-state index >= 15 is 0 Å². The van der Waals surface area contributed by atoms with E-state index in [2.05, 4.69) is 15.3 Å². The topological polar surface area (TPSA) is 111 Å². The number of carbonyl (C=O) groups excluding carboxylic acids is 1. The molecule has 0 unspecified atom stereocenters. The van der Waals surface area contributed by atoms with Crippen LogP contribution in [-0.4, -0.2) is 60.8 Å². The molecule has 2 radical (unpaired) electrons. The first kappa shape index (κ1) is 25.7. The van der Waals surface area contributed by atoms with Gasteiger partial charge in [0.25, 0.3) is 0 Å². The molecule has 0 aliphatic carbocycles. The second kappa shape index (κ2) is 11.6. The van der Waals surface area contributed by atoms with Gasteiger partial charge < -0.3 is 20.7 Å². The van der Waals surface area contributed by atoms with Gasteiger partial charge in [0.15, 0.2) is 5.65 Å². The smallest absolute Gasteiger partial charge is 0.323 e. The molecule has 3 aromatic heterocycles. The summed E-state index contributed by atoms with van der Waals surface area (Å²) in [5, 5.41) is 7.89. The summed E-state index contributed by atoms with van der Waals surface area (Å²) in [5.41, 5.74) is 8.09. The molecule has 3 N–H and O–H groups in total. The number of aromatic nitrogens is 4. The van der Waals surface area contributed by atoms with E-state index in [-0.39, 0.29) is 17.9 Å². The molecule has 0 aromatic carbocycles. The normalized spacial score (nSPS) is 16.8. The molecule has 11 heteroatoms. The van der Waals surface area contributed by atoms with Gasteiger partial charge in [-0.2, -0.15) is 9.61 Å². The van der Waals surface area contributed by atoms with Crippen molar-refractivity contribution in [3.05, 3.63) is 42.4 Å². The first-order valence-corrected chi connectivity index (χ1v) is 12.5. The third kappa shape index (κ3) is 5.89. The van der Waals surface area contributed by atoms with Crippen LogP contribution in [0.3, 0.4) is 0 Å². The summed E-state index contributed by atoms with van der Waals surface area (Å²) in [6.45, 7) is 5.59. The fraction of sp³-hybridized carbons (Fsp3) is 0.520. The van der Waals surface area contributed by atoms with Crippen LogP contribution in [0.4, 0.5) is 11.6 Å². The zero-order valence-electron chi connectivity index (χ0n) is 21.3. The van der Waals surface area contributed by atoms with Gasteiger partial charge in [-0.25, -0.2) is 4.98 Å². The van der Waals surface area contributed by atoms with Crippen molar-refractivity contribution in [2.75, 3.05) is 30.5 Å². The maximum absolute atomic E-state index is 12.2. The molecule has 0 saturated carbocycles. The van der Waals surface area contributed by atoms with Crippen LogP contribution in [0, 0.1) is 5.92 Å². The molecule has 1 aliphatic heterocycles. The third-order valence-corrected chi connectivity index (χ3v) is 6.61. The Labute approximate surface area is 213 Å². The monoisotopic (exact) mass is 492 g/mol. The number of rotatable bonds is 10. The number of esters is 1. The molecular weight excluding hydrogens is 457 g/mol. The lowest BCUT2D eigenvalue weighted by Gasteiger charge is -2.37. The van der Waals surface area contributed by atoms with Gasteiger partial charge in [0.1, 0.15) is 32.6 Å². The Morgan fingerprint density at radius 3 is 3.00 bits per heavy atom. The first-order chi connectivity index (χ1) is 17.4. The number of anilines is 2. The van der Waals surface area contributed by atoms with E-state index < -0.39 is 6.04 Å². The zero-order chi connectivity index (χ0) is 25.7. The average molecular weight is 492 g/mol. The van der Waals surface area contributed by atoms with E-state index in [9.17, 15) is 4.79 Å². The molecule has 1 fully saturated rings. The van der Waals surface area contributed by atoms with Crippen molar-refractivity contribution >= 4 is 36.6 Å². The van der Waals surface area contributed by atoms with E-state index in [0.717, 1.165) is 43.0 Å². The number of nitrogens with two attached hydrogens (primary N) is 1. The van der Waals surface area contributed by atoms with Crippen LogP contribution >= 0.6 is 0 Å². The summed E-state index contributed by atoms with van der Waals surface area (Å²) in [6, 6.07) is 5.55. The van der Waals surface area contributed by atoms with E-state index in [1.807, 2.05) is 44.4 Å². The van der Waals surface area contributed by atoms with Crippen molar-refractivity contribution in [3.63, 3.8) is 0 Å². The molecule has 1 aliphatic rings. The number of carbonyl (C=O) groups is 1. The molecule has 10 nitrogen and oxygen atoms in total. The van der Waals surface area contributed by atoms with Crippen LogP contribution < -0.4 is 31.0 Å². The van der Waals surface area contributed by atoms with Crippen molar-refractivity contribution in [2.24, 2.45) is 11.7 Å². The first-order valence-electron chi connectivity index (χ1n) is 12.5. The quantitative estimate of drug-likeness (QED) is 0.243. The van der Waals surface area contributed by atoms with E-state index in [0.29, 0.717) is 30.7 Å². The highest BCUT2D eigenvalue weighted by Crippen LogP contribution is 2.28. The Balaban J connectivity index is 1.52. The van der Waals surface area contributed by atoms with Crippen LogP contribution in [0.2, 0.25) is 0 Å². The summed E-state index contributed by atoms with van der Waals surface area (Å²) in [7, 11) is 7.83. The van der Waals surface area contributed by atoms with E-state index in [4.69, 9.17) is 28.1 Å². The van der Waals surface area contributed by atoms with Crippen molar-refractivity contribution in [2.45, 2.75) is 58.2 Å². The fourth-order valence-corrected chi connectivity index (χ4v) is 4.42. The second-order valence-corrected chi connectivity index (χ2v) is 9.51. The number of hydrogen-bond acceptors (Lipinski definition) is 8. The Morgan fingerprint density at radius 1 is 1.39 bits per heavy atom. The lowest BCUT2D eigenvalue weighted by atomic mass is 9.99. The summed E-state index contributed by atoms with van der Waals surface area (Å²) in [6.07, 6.45) is 9.27. The van der Waals surface area contributed by atoms with Crippen molar-refractivity contribution < 1.29 is 19.1 Å². The van der Waals surface area contributed by atoms with Gasteiger partial charge >= 0.3 is 5.97 Å². The molecule has 4 rings (SSSR count). The summed E-state index contributed by atoms with van der Waals surface area (Å²) >= 11 is 0. The summed E-state index contributed by atoms with van der Waals surface area (Å²) in [4.78, 5) is 24.6. The van der Waals surface area contributed by atoms with Crippen LogP contribution in [-0.2, 0) is 16.1 Å².